The van der Waals surface area contributed by atoms with Gasteiger partial charge in [0.15, 0.2) is 0 Å². The van der Waals surface area contributed by atoms with E-state index in [1.165, 1.54) is 0 Å². The zero-order valence-corrected chi connectivity index (χ0v) is 17.5. The van der Waals surface area contributed by atoms with Crippen LogP contribution < -0.4 is 5.32 Å². The molecule has 1 saturated heterocycles. The number of amides is 1. The summed E-state index contributed by atoms with van der Waals surface area (Å²) in [5.74, 6) is 0.827. The number of rotatable bonds is 5. The molecule has 1 heterocycles. The third-order valence-electron chi connectivity index (χ3n) is 6.90. The highest BCUT2D eigenvalue weighted by Crippen LogP contribution is 2.40. The number of benzene rings is 1. The Hall–Kier alpha value is -1.44. The van der Waals surface area contributed by atoms with Crippen molar-refractivity contribution in [3.8, 4) is 0 Å². The van der Waals surface area contributed by atoms with E-state index in [2.05, 4.69) is 5.32 Å². The highest BCUT2D eigenvalue weighted by atomic mass is 32.2. The number of hydrogen-bond acceptors (Lipinski definition) is 4. The van der Waals surface area contributed by atoms with Crippen molar-refractivity contribution < 1.29 is 17.9 Å². The molecule has 1 amide bonds. The van der Waals surface area contributed by atoms with Gasteiger partial charge in [-0.3, -0.25) is 4.79 Å². The minimum absolute atomic E-state index is 0.0273. The van der Waals surface area contributed by atoms with Gasteiger partial charge in [0.2, 0.25) is 15.9 Å². The summed E-state index contributed by atoms with van der Waals surface area (Å²) in [6.45, 7) is 2.89. The van der Waals surface area contributed by atoms with Gasteiger partial charge in [0, 0.05) is 26.1 Å². The molecule has 154 valence electrons. The van der Waals surface area contributed by atoms with E-state index in [4.69, 9.17) is 4.74 Å². The fraction of sp³-hybridized carbons (Fsp3) is 0.667. The predicted molar refractivity (Wildman–Crippen MR) is 106 cm³/mol. The lowest BCUT2D eigenvalue weighted by Gasteiger charge is -2.38. The van der Waals surface area contributed by atoms with Gasteiger partial charge in [-0.1, -0.05) is 24.6 Å². The maximum atomic E-state index is 13.2. The van der Waals surface area contributed by atoms with Crippen LogP contribution in [-0.4, -0.2) is 51.0 Å². The van der Waals surface area contributed by atoms with Gasteiger partial charge in [0.1, 0.15) is 0 Å². The molecule has 7 heteroatoms. The lowest BCUT2D eigenvalue weighted by molar-refractivity contribution is -0.130. The number of fused-ring (bicyclic) bond motifs is 1. The average Bonchev–Trinajstić information content (AvgIpc) is 3.03. The van der Waals surface area contributed by atoms with Gasteiger partial charge in [-0.05, 0) is 56.1 Å². The third-order valence-corrected chi connectivity index (χ3v) is 8.89. The van der Waals surface area contributed by atoms with Crippen molar-refractivity contribution in [1.82, 2.24) is 9.62 Å². The van der Waals surface area contributed by atoms with E-state index in [0.29, 0.717) is 18.0 Å². The van der Waals surface area contributed by atoms with E-state index >= 15 is 0 Å². The second-order valence-electron chi connectivity index (χ2n) is 8.60. The van der Waals surface area contributed by atoms with Crippen LogP contribution >= 0.6 is 0 Å². The van der Waals surface area contributed by atoms with E-state index in [0.717, 1.165) is 37.7 Å². The summed E-state index contributed by atoms with van der Waals surface area (Å²) in [5.41, 5.74) is 0.776. The van der Waals surface area contributed by atoms with Crippen molar-refractivity contribution in [1.29, 1.82) is 0 Å². The molecule has 2 saturated carbocycles. The number of nitrogens with one attached hydrogen (secondary N) is 1. The molecular weight excluding hydrogens is 376 g/mol. The Kier molecular flexibility index (Phi) is 5.51. The summed E-state index contributed by atoms with van der Waals surface area (Å²) < 4.78 is 33.7. The number of carbonyl (C=O) groups excluding carboxylic acids is 1. The van der Waals surface area contributed by atoms with Gasteiger partial charge >= 0.3 is 0 Å². The summed E-state index contributed by atoms with van der Waals surface area (Å²) in [5, 5.41) is 3.20. The zero-order valence-electron chi connectivity index (χ0n) is 16.6. The highest BCUT2D eigenvalue weighted by molar-refractivity contribution is 7.89. The fourth-order valence-corrected chi connectivity index (χ4v) is 6.71. The molecule has 28 heavy (non-hydrogen) atoms. The number of nitrogens with zero attached hydrogens (tertiary/aromatic N) is 1. The molecule has 6 nitrogen and oxygen atoms in total. The fourth-order valence-electron chi connectivity index (χ4n) is 4.93. The number of hydrogen-bond donors (Lipinski definition) is 1. The molecule has 2 aliphatic carbocycles. The lowest BCUT2D eigenvalue weighted by atomic mass is 9.76. The molecule has 1 aromatic rings. The highest BCUT2D eigenvalue weighted by Gasteiger charge is 2.46. The predicted octanol–water partition coefficient (Wildman–Crippen LogP) is 2.33. The minimum Gasteiger partial charge on any atom is -0.379 e. The van der Waals surface area contributed by atoms with Crippen LogP contribution in [0, 0.1) is 24.7 Å². The molecule has 3 aliphatic rings. The Morgan fingerprint density at radius 2 is 1.82 bits per heavy atom. The maximum Gasteiger partial charge on any atom is 0.243 e. The molecule has 0 aromatic heterocycles. The third kappa shape index (κ3) is 3.60. The molecule has 1 N–H and O–H groups in total. The zero-order chi connectivity index (χ0) is 19.9. The molecule has 1 aliphatic heterocycles. The first-order valence-corrected chi connectivity index (χ1v) is 11.7. The van der Waals surface area contributed by atoms with Crippen LogP contribution in [0.25, 0.3) is 0 Å². The maximum absolute atomic E-state index is 13.2. The van der Waals surface area contributed by atoms with Crippen LogP contribution in [0.3, 0.4) is 0 Å². The van der Waals surface area contributed by atoms with Crippen LogP contribution in [0.2, 0.25) is 0 Å². The summed E-state index contributed by atoms with van der Waals surface area (Å²) in [6.07, 6.45) is 4.60. The van der Waals surface area contributed by atoms with Gasteiger partial charge in [-0.25, -0.2) is 8.42 Å². The van der Waals surface area contributed by atoms with E-state index < -0.39 is 10.0 Å². The molecular formula is C21H30N2O4S. The SMILES string of the molecule is CO[C@H]1C[C@@H]2CN(S(=O)(=O)c3ccccc3C)C[C@@H]2C[C@@H]1NC(=O)C1CCC1. The summed E-state index contributed by atoms with van der Waals surface area (Å²) in [4.78, 5) is 12.8. The van der Waals surface area contributed by atoms with Crippen molar-refractivity contribution in [2.45, 2.75) is 56.1 Å². The number of sulfonamides is 1. The number of aryl methyl sites for hydroxylation is 1. The molecule has 0 unspecified atom stereocenters. The van der Waals surface area contributed by atoms with Crippen LogP contribution in [0.1, 0.15) is 37.7 Å². The van der Waals surface area contributed by atoms with Gasteiger partial charge in [-0.2, -0.15) is 4.31 Å². The van der Waals surface area contributed by atoms with Gasteiger partial charge < -0.3 is 10.1 Å². The summed E-state index contributed by atoms with van der Waals surface area (Å²) >= 11 is 0. The van der Waals surface area contributed by atoms with Crippen molar-refractivity contribution in [3.05, 3.63) is 29.8 Å². The van der Waals surface area contributed by atoms with Gasteiger partial charge in [0.25, 0.3) is 0 Å². The Balaban J connectivity index is 1.47. The van der Waals surface area contributed by atoms with Gasteiger partial charge in [-0.15, -0.1) is 0 Å². The smallest absolute Gasteiger partial charge is 0.243 e. The largest absolute Gasteiger partial charge is 0.379 e. The van der Waals surface area contributed by atoms with Gasteiger partial charge in [0.05, 0.1) is 17.0 Å². The molecule has 0 bridgehead atoms. The Bertz CT molecular complexity index is 837. The summed E-state index contributed by atoms with van der Waals surface area (Å²) in [6, 6.07) is 7.13. The van der Waals surface area contributed by atoms with Crippen molar-refractivity contribution in [2.75, 3.05) is 20.2 Å². The topological polar surface area (TPSA) is 75.7 Å². The number of ether oxygens (including phenoxy) is 1. The van der Waals surface area contributed by atoms with E-state index in [1.54, 1.807) is 23.5 Å². The molecule has 3 fully saturated rings. The van der Waals surface area contributed by atoms with E-state index in [9.17, 15) is 13.2 Å². The Morgan fingerprint density at radius 1 is 1.14 bits per heavy atom. The van der Waals surface area contributed by atoms with E-state index in [-0.39, 0.29) is 35.8 Å². The number of methoxy groups -OCH3 is 1. The second kappa shape index (κ2) is 7.76. The average molecular weight is 407 g/mol. The minimum atomic E-state index is -3.50. The molecule has 4 atom stereocenters. The monoisotopic (exact) mass is 406 g/mol. The van der Waals surface area contributed by atoms with Crippen molar-refractivity contribution >= 4 is 15.9 Å². The van der Waals surface area contributed by atoms with Crippen LogP contribution in [0.4, 0.5) is 0 Å². The molecule has 0 spiro atoms. The molecule has 0 radical (unpaired) electrons. The Morgan fingerprint density at radius 3 is 2.43 bits per heavy atom. The first kappa shape index (κ1) is 19.9. The van der Waals surface area contributed by atoms with Crippen LogP contribution in [0.5, 0.6) is 0 Å². The summed E-state index contributed by atoms with van der Waals surface area (Å²) in [7, 11) is -1.81. The normalized spacial score (nSPS) is 31.2. The first-order chi connectivity index (χ1) is 13.4. The van der Waals surface area contributed by atoms with Crippen LogP contribution in [0.15, 0.2) is 29.2 Å². The molecule has 1 aromatic carbocycles. The van der Waals surface area contributed by atoms with Crippen molar-refractivity contribution in [3.63, 3.8) is 0 Å². The quantitative estimate of drug-likeness (QED) is 0.814. The second-order valence-corrected chi connectivity index (χ2v) is 10.5. The lowest BCUT2D eigenvalue weighted by Crippen LogP contribution is -2.52. The standard InChI is InChI=1S/C21H30N2O4S/c1-14-6-3-4-9-20(14)28(25,26)23-12-16-10-18(19(27-2)11-17(16)13-23)22-21(24)15-7-5-8-15/h3-4,6,9,15-19H,5,7-8,10-13H2,1-2H3,(H,22,24)/t16-,17+,18-,19-/m0/s1. The molecule has 4 rings (SSSR count). The first-order valence-electron chi connectivity index (χ1n) is 10.3. The van der Waals surface area contributed by atoms with Crippen LogP contribution in [-0.2, 0) is 19.6 Å². The Labute approximate surface area is 167 Å². The van der Waals surface area contributed by atoms with E-state index in [1.807, 2.05) is 19.1 Å². The van der Waals surface area contributed by atoms with Crippen molar-refractivity contribution in [2.24, 2.45) is 17.8 Å². The number of carbonyl (C=O) groups is 1.